The van der Waals surface area contributed by atoms with Crippen molar-refractivity contribution in [2.24, 2.45) is 0 Å². The summed E-state index contributed by atoms with van der Waals surface area (Å²) in [5.41, 5.74) is 0. The van der Waals surface area contributed by atoms with Crippen molar-refractivity contribution >= 4 is 55.9 Å². The highest BCUT2D eigenvalue weighted by molar-refractivity contribution is 8.82. The Morgan fingerprint density at radius 1 is 1.79 bits per heavy atom. The van der Waals surface area contributed by atoms with Gasteiger partial charge in [-0.3, -0.25) is 4.79 Å². The molecule has 1 N–H and O–H groups in total. The molecule has 0 amide bonds. The van der Waals surface area contributed by atoms with Gasteiger partial charge in [-0.05, 0) is 24.1 Å². The van der Waals surface area contributed by atoms with Gasteiger partial charge in [0.25, 0.3) is 0 Å². The number of nitriles is 1. The Morgan fingerprint density at radius 3 is 2.71 bits per heavy atom. The number of thioether (sulfide) groups is 1. The predicted octanol–water partition coefficient (Wildman–Crippen LogP) is 2.73. The Kier molecular flexibility index (Phi) is 6.61. The third-order valence-electron chi connectivity index (χ3n) is 1.44. The van der Waals surface area contributed by atoms with Crippen LogP contribution < -0.4 is 0 Å². The van der Waals surface area contributed by atoms with Gasteiger partial charge < -0.3 is 5.11 Å². The van der Waals surface area contributed by atoms with Crippen molar-refractivity contribution in [1.29, 1.82) is 5.26 Å². The Labute approximate surface area is 101 Å². The molecule has 0 aromatic carbocycles. The first-order valence-corrected chi connectivity index (χ1v) is 6.70. The minimum atomic E-state index is -0.906. The van der Waals surface area contributed by atoms with Gasteiger partial charge in [0.05, 0.1) is 6.07 Å². The summed E-state index contributed by atoms with van der Waals surface area (Å²) in [7, 11) is 1.09. The van der Waals surface area contributed by atoms with E-state index in [9.17, 15) is 4.79 Å². The Bertz CT molecular complexity index is 275. The first-order chi connectivity index (χ1) is 6.43. The van der Waals surface area contributed by atoms with Crippen LogP contribution in [0, 0.1) is 11.3 Å². The van der Waals surface area contributed by atoms with E-state index in [0.717, 1.165) is 10.8 Å². The number of thiocarbonyl (C=S) groups is 1. The number of hydrogen-bond acceptors (Lipinski definition) is 6. The largest absolute Gasteiger partial charge is 0.481 e. The Balaban J connectivity index is 4.27. The molecule has 0 aromatic rings. The van der Waals surface area contributed by atoms with E-state index in [0.29, 0.717) is 3.53 Å². The van der Waals surface area contributed by atoms with Crippen molar-refractivity contribution in [1.82, 2.24) is 0 Å². The molecule has 0 spiro atoms. The van der Waals surface area contributed by atoms with E-state index in [1.165, 1.54) is 11.8 Å². The standard InChI is InChI=1S/C7H9NO2S4/c1-7(4-8,3-2-5(9)10)13-6(11)14-12/h12H,2-3H2,1H3,(H,9,10). The molecule has 0 heterocycles. The molecule has 0 saturated carbocycles. The topological polar surface area (TPSA) is 61.1 Å². The van der Waals surface area contributed by atoms with E-state index in [2.05, 4.69) is 17.7 Å². The van der Waals surface area contributed by atoms with Crippen LogP contribution in [0.3, 0.4) is 0 Å². The van der Waals surface area contributed by atoms with Gasteiger partial charge in [0, 0.05) is 6.42 Å². The van der Waals surface area contributed by atoms with Crippen molar-refractivity contribution in [2.75, 3.05) is 0 Å². The highest BCUT2D eigenvalue weighted by Gasteiger charge is 2.27. The van der Waals surface area contributed by atoms with Crippen molar-refractivity contribution < 1.29 is 9.90 Å². The molecule has 0 bridgehead atoms. The van der Waals surface area contributed by atoms with Crippen LogP contribution in [0.4, 0.5) is 0 Å². The molecule has 14 heavy (non-hydrogen) atoms. The van der Waals surface area contributed by atoms with E-state index in [-0.39, 0.29) is 12.8 Å². The second-order valence-electron chi connectivity index (χ2n) is 2.68. The second kappa shape index (κ2) is 6.56. The highest BCUT2D eigenvalue weighted by atomic mass is 33.1. The number of nitrogens with zero attached hydrogens (tertiary/aromatic N) is 1. The summed E-state index contributed by atoms with van der Waals surface area (Å²) in [6.45, 7) is 1.68. The lowest BCUT2D eigenvalue weighted by Crippen LogP contribution is -2.20. The Morgan fingerprint density at radius 2 is 2.36 bits per heavy atom. The number of thiol groups is 1. The number of carbonyl (C=O) groups is 1. The van der Waals surface area contributed by atoms with Crippen LogP contribution in [-0.2, 0) is 4.79 Å². The number of hydrogen-bond donors (Lipinski definition) is 2. The first-order valence-electron chi connectivity index (χ1n) is 3.61. The maximum Gasteiger partial charge on any atom is 0.303 e. The Hall–Kier alpha value is 0.1000. The molecular weight excluding hydrogens is 258 g/mol. The van der Waals surface area contributed by atoms with Crippen LogP contribution in [0.15, 0.2) is 0 Å². The monoisotopic (exact) mass is 267 g/mol. The molecule has 1 atom stereocenters. The van der Waals surface area contributed by atoms with Gasteiger partial charge in [-0.1, -0.05) is 24.0 Å². The van der Waals surface area contributed by atoms with E-state index in [4.69, 9.17) is 22.6 Å². The number of carboxylic acid groups (broad SMARTS) is 1. The predicted molar refractivity (Wildman–Crippen MR) is 67.7 cm³/mol. The minimum Gasteiger partial charge on any atom is -0.481 e. The smallest absolute Gasteiger partial charge is 0.303 e. The van der Waals surface area contributed by atoms with Gasteiger partial charge >= 0.3 is 5.97 Å². The van der Waals surface area contributed by atoms with E-state index >= 15 is 0 Å². The number of rotatable bonds is 4. The average molecular weight is 267 g/mol. The highest BCUT2D eigenvalue weighted by Crippen LogP contribution is 2.35. The van der Waals surface area contributed by atoms with E-state index in [1.54, 1.807) is 6.92 Å². The molecule has 0 aromatic heterocycles. The lowest BCUT2D eigenvalue weighted by molar-refractivity contribution is -0.137. The molecular formula is C7H9NO2S4. The van der Waals surface area contributed by atoms with Gasteiger partial charge in [0.15, 0.2) is 0 Å². The van der Waals surface area contributed by atoms with Gasteiger partial charge in [-0.15, -0.1) is 11.7 Å². The van der Waals surface area contributed by atoms with E-state index < -0.39 is 10.7 Å². The van der Waals surface area contributed by atoms with Crippen LogP contribution in [0.1, 0.15) is 19.8 Å². The zero-order valence-corrected chi connectivity index (χ0v) is 10.7. The molecule has 3 nitrogen and oxygen atoms in total. The third kappa shape index (κ3) is 5.75. The lowest BCUT2D eigenvalue weighted by atomic mass is 10.1. The minimum absolute atomic E-state index is 0.0308. The van der Waals surface area contributed by atoms with Crippen LogP contribution in [0.2, 0.25) is 0 Å². The lowest BCUT2D eigenvalue weighted by Gasteiger charge is -2.18. The molecule has 0 radical (unpaired) electrons. The summed E-state index contributed by atoms with van der Waals surface area (Å²) in [4.78, 5) is 10.3. The SMILES string of the molecule is CC(C#N)(CCC(=O)O)SC(=S)SS. The normalized spacial score (nSPS) is 14.1. The fraction of sp³-hybridized carbons (Fsp3) is 0.571. The van der Waals surface area contributed by atoms with Crippen LogP contribution in [0.5, 0.6) is 0 Å². The number of carboxylic acids is 1. The van der Waals surface area contributed by atoms with Gasteiger partial charge in [0.2, 0.25) is 0 Å². The summed E-state index contributed by atoms with van der Waals surface area (Å²) in [5, 5.41) is 17.4. The summed E-state index contributed by atoms with van der Waals surface area (Å²) >= 11 is 9.99. The summed E-state index contributed by atoms with van der Waals surface area (Å²) < 4.78 is -0.242. The summed E-state index contributed by atoms with van der Waals surface area (Å²) in [5.74, 6) is -0.906. The molecule has 0 fully saturated rings. The van der Waals surface area contributed by atoms with Crippen LogP contribution >= 0.6 is 46.4 Å². The second-order valence-corrected chi connectivity index (χ2v) is 6.52. The maximum atomic E-state index is 10.3. The average Bonchev–Trinajstić information content (AvgIpc) is 2.14. The molecule has 0 saturated heterocycles. The van der Waals surface area contributed by atoms with E-state index in [1.807, 2.05) is 0 Å². The maximum absolute atomic E-state index is 10.3. The molecule has 0 aliphatic rings. The fourth-order valence-corrected chi connectivity index (χ4v) is 2.88. The van der Waals surface area contributed by atoms with Crippen LogP contribution in [-0.4, -0.2) is 19.4 Å². The van der Waals surface area contributed by atoms with Gasteiger partial charge in [-0.25, -0.2) is 0 Å². The van der Waals surface area contributed by atoms with Crippen molar-refractivity contribution in [2.45, 2.75) is 24.5 Å². The quantitative estimate of drug-likeness (QED) is 0.464. The summed E-state index contributed by atoms with van der Waals surface area (Å²) in [6, 6.07) is 2.06. The fourth-order valence-electron chi connectivity index (χ4n) is 0.678. The molecule has 1 unspecified atom stereocenters. The third-order valence-corrected chi connectivity index (χ3v) is 4.79. The first kappa shape index (κ1) is 14.1. The zero-order valence-electron chi connectivity index (χ0n) is 7.39. The van der Waals surface area contributed by atoms with Gasteiger partial charge in [-0.2, -0.15) is 5.26 Å². The molecule has 0 aliphatic carbocycles. The van der Waals surface area contributed by atoms with Gasteiger partial charge in [0.1, 0.15) is 8.28 Å². The van der Waals surface area contributed by atoms with Crippen molar-refractivity contribution in [3.05, 3.63) is 0 Å². The molecule has 0 rings (SSSR count). The zero-order chi connectivity index (χ0) is 11.2. The number of aliphatic carboxylic acids is 1. The summed E-state index contributed by atoms with van der Waals surface area (Å²) in [6.07, 6.45) is 0.245. The molecule has 7 heteroatoms. The molecule has 78 valence electrons. The van der Waals surface area contributed by atoms with Crippen LogP contribution in [0.25, 0.3) is 0 Å². The van der Waals surface area contributed by atoms with Crippen molar-refractivity contribution in [3.63, 3.8) is 0 Å². The van der Waals surface area contributed by atoms with Crippen molar-refractivity contribution in [3.8, 4) is 6.07 Å². The molecule has 0 aliphatic heterocycles.